The van der Waals surface area contributed by atoms with Gasteiger partial charge in [-0.25, -0.2) is 0 Å². The molecular formula is C12H20OS. The maximum absolute atomic E-state index is 5.52. The van der Waals surface area contributed by atoms with Crippen LogP contribution in [0.25, 0.3) is 0 Å². The lowest BCUT2D eigenvalue weighted by Crippen LogP contribution is -1.97. The Morgan fingerprint density at radius 1 is 1.43 bits per heavy atom. The number of thioether (sulfide) groups is 1. The lowest BCUT2D eigenvalue weighted by Gasteiger charge is -2.04. The summed E-state index contributed by atoms with van der Waals surface area (Å²) in [4.78, 5) is 0. The van der Waals surface area contributed by atoms with E-state index in [1.54, 1.807) is 0 Å². The Bertz CT molecular complexity index is 220. The summed E-state index contributed by atoms with van der Waals surface area (Å²) < 4.78 is 5.52. The summed E-state index contributed by atoms with van der Waals surface area (Å²) >= 11 is 1.90. The van der Waals surface area contributed by atoms with E-state index in [1.165, 1.54) is 11.1 Å². The van der Waals surface area contributed by atoms with Crippen molar-refractivity contribution in [3.05, 3.63) is 23.3 Å². The van der Waals surface area contributed by atoms with Crippen molar-refractivity contribution >= 4 is 11.8 Å². The first-order chi connectivity index (χ1) is 6.68. The molecule has 1 fully saturated rings. The van der Waals surface area contributed by atoms with E-state index in [2.05, 4.69) is 32.9 Å². The first-order valence-corrected chi connectivity index (χ1v) is 6.27. The summed E-state index contributed by atoms with van der Waals surface area (Å²) in [7, 11) is 0. The van der Waals surface area contributed by atoms with E-state index in [-0.39, 0.29) is 0 Å². The smallest absolute Gasteiger partial charge is 0.121 e. The fourth-order valence-corrected chi connectivity index (χ4v) is 2.32. The van der Waals surface area contributed by atoms with E-state index < -0.39 is 0 Å². The molecule has 1 aliphatic rings. The molecule has 80 valence electrons. The van der Waals surface area contributed by atoms with Gasteiger partial charge in [-0.15, -0.1) is 11.8 Å². The second kappa shape index (κ2) is 6.31. The van der Waals surface area contributed by atoms with Gasteiger partial charge in [0.1, 0.15) is 5.44 Å². The third-order valence-corrected chi connectivity index (χ3v) is 3.16. The summed E-state index contributed by atoms with van der Waals surface area (Å²) in [6.45, 7) is 7.40. The SMILES string of the molecule is CC(C)=CCCC(C)=CC1OCCS1. The minimum atomic E-state index is 0.321. The van der Waals surface area contributed by atoms with Gasteiger partial charge in [-0.05, 0) is 39.7 Å². The van der Waals surface area contributed by atoms with Crippen molar-refractivity contribution in [1.82, 2.24) is 0 Å². The molecule has 0 bridgehead atoms. The molecule has 1 unspecified atom stereocenters. The number of rotatable bonds is 4. The second-order valence-corrected chi connectivity index (χ2v) is 5.15. The average Bonchev–Trinajstić information content (AvgIpc) is 2.56. The Labute approximate surface area is 91.6 Å². The van der Waals surface area contributed by atoms with Crippen molar-refractivity contribution in [2.75, 3.05) is 12.4 Å². The molecule has 1 heterocycles. The van der Waals surface area contributed by atoms with Crippen molar-refractivity contribution in [2.24, 2.45) is 0 Å². The highest BCUT2D eigenvalue weighted by Crippen LogP contribution is 2.22. The molecule has 0 aromatic rings. The van der Waals surface area contributed by atoms with Gasteiger partial charge >= 0.3 is 0 Å². The summed E-state index contributed by atoms with van der Waals surface area (Å²) in [6.07, 6.45) is 6.87. The van der Waals surface area contributed by atoms with Crippen molar-refractivity contribution in [3.8, 4) is 0 Å². The molecule has 2 heteroatoms. The van der Waals surface area contributed by atoms with Crippen LogP contribution in [-0.4, -0.2) is 17.8 Å². The quantitative estimate of drug-likeness (QED) is 0.656. The highest BCUT2D eigenvalue weighted by molar-refractivity contribution is 8.00. The molecule has 0 aliphatic carbocycles. The minimum absolute atomic E-state index is 0.321. The Hall–Kier alpha value is -0.210. The minimum Gasteiger partial charge on any atom is -0.363 e. The van der Waals surface area contributed by atoms with Crippen LogP contribution in [0.5, 0.6) is 0 Å². The van der Waals surface area contributed by atoms with Crippen molar-refractivity contribution in [1.29, 1.82) is 0 Å². The molecule has 1 atom stereocenters. The molecule has 1 aliphatic heterocycles. The topological polar surface area (TPSA) is 9.23 Å². The molecule has 1 rings (SSSR count). The van der Waals surface area contributed by atoms with Crippen molar-refractivity contribution in [2.45, 2.75) is 39.0 Å². The molecule has 1 saturated heterocycles. The van der Waals surface area contributed by atoms with E-state index in [0.717, 1.165) is 25.2 Å². The number of hydrogen-bond acceptors (Lipinski definition) is 2. The zero-order valence-corrected chi connectivity index (χ0v) is 10.2. The number of hydrogen-bond donors (Lipinski definition) is 0. The Balaban J connectivity index is 2.26. The molecule has 0 radical (unpaired) electrons. The zero-order valence-electron chi connectivity index (χ0n) is 9.38. The normalized spacial score (nSPS) is 22.5. The van der Waals surface area contributed by atoms with Crippen molar-refractivity contribution < 1.29 is 4.74 Å². The van der Waals surface area contributed by atoms with Gasteiger partial charge in [0, 0.05) is 5.75 Å². The standard InChI is InChI=1S/C12H20OS/c1-10(2)5-4-6-11(3)9-12-13-7-8-14-12/h5,9,12H,4,6-8H2,1-3H3. The maximum atomic E-state index is 5.52. The van der Waals surface area contributed by atoms with Crippen LogP contribution in [0.2, 0.25) is 0 Å². The van der Waals surface area contributed by atoms with E-state index in [0.29, 0.717) is 5.44 Å². The van der Waals surface area contributed by atoms with Crippen LogP contribution in [0.15, 0.2) is 23.3 Å². The van der Waals surface area contributed by atoms with Gasteiger partial charge < -0.3 is 4.74 Å². The highest BCUT2D eigenvalue weighted by Gasteiger charge is 2.12. The average molecular weight is 212 g/mol. The third kappa shape index (κ3) is 4.87. The lowest BCUT2D eigenvalue weighted by molar-refractivity contribution is 0.172. The molecule has 0 amide bonds. The summed E-state index contributed by atoms with van der Waals surface area (Å²) in [5.41, 5.74) is 3.17. The molecule has 0 spiro atoms. The fraction of sp³-hybridized carbons (Fsp3) is 0.667. The van der Waals surface area contributed by atoms with Crippen LogP contribution in [0.1, 0.15) is 33.6 Å². The fourth-order valence-electron chi connectivity index (χ4n) is 1.38. The third-order valence-electron chi connectivity index (χ3n) is 2.16. The van der Waals surface area contributed by atoms with Gasteiger partial charge in [0.15, 0.2) is 0 Å². The number of allylic oxidation sites excluding steroid dienone is 3. The second-order valence-electron chi connectivity index (χ2n) is 3.94. The Kier molecular flexibility index (Phi) is 5.34. The Morgan fingerprint density at radius 2 is 2.21 bits per heavy atom. The largest absolute Gasteiger partial charge is 0.363 e. The molecule has 1 nitrogen and oxygen atoms in total. The van der Waals surface area contributed by atoms with Gasteiger partial charge in [0.25, 0.3) is 0 Å². The Morgan fingerprint density at radius 3 is 2.79 bits per heavy atom. The van der Waals surface area contributed by atoms with Gasteiger partial charge in [-0.2, -0.15) is 0 Å². The van der Waals surface area contributed by atoms with Gasteiger partial charge in [-0.1, -0.05) is 17.2 Å². The predicted octanol–water partition coefficient (Wildman–Crippen LogP) is 3.77. The van der Waals surface area contributed by atoms with Crippen LogP contribution in [0.3, 0.4) is 0 Å². The van der Waals surface area contributed by atoms with Crippen LogP contribution < -0.4 is 0 Å². The van der Waals surface area contributed by atoms with Crippen LogP contribution in [0.4, 0.5) is 0 Å². The van der Waals surface area contributed by atoms with Crippen molar-refractivity contribution in [3.63, 3.8) is 0 Å². The van der Waals surface area contributed by atoms with Gasteiger partial charge in [0.2, 0.25) is 0 Å². The zero-order chi connectivity index (χ0) is 10.4. The monoisotopic (exact) mass is 212 g/mol. The van der Waals surface area contributed by atoms with Gasteiger partial charge in [-0.3, -0.25) is 0 Å². The van der Waals surface area contributed by atoms with E-state index >= 15 is 0 Å². The molecule has 0 aromatic carbocycles. The first kappa shape index (κ1) is 11.9. The van der Waals surface area contributed by atoms with E-state index in [9.17, 15) is 0 Å². The maximum Gasteiger partial charge on any atom is 0.121 e. The van der Waals surface area contributed by atoms with Gasteiger partial charge in [0.05, 0.1) is 6.61 Å². The number of ether oxygens (including phenoxy) is 1. The van der Waals surface area contributed by atoms with E-state index in [4.69, 9.17) is 4.74 Å². The molecule has 0 N–H and O–H groups in total. The van der Waals surface area contributed by atoms with Crippen LogP contribution in [0, 0.1) is 0 Å². The molecular weight excluding hydrogens is 192 g/mol. The summed E-state index contributed by atoms with van der Waals surface area (Å²) in [5.74, 6) is 1.14. The first-order valence-electron chi connectivity index (χ1n) is 5.22. The highest BCUT2D eigenvalue weighted by atomic mass is 32.2. The molecule has 14 heavy (non-hydrogen) atoms. The predicted molar refractivity (Wildman–Crippen MR) is 64.6 cm³/mol. The molecule has 0 saturated carbocycles. The molecule has 0 aromatic heterocycles. The van der Waals surface area contributed by atoms with E-state index in [1.807, 2.05) is 11.8 Å². The summed E-state index contributed by atoms with van der Waals surface area (Å²) in [6, 6.07) is 0. The summed E-state index contributed by atoms with van der Waals surface area (Å²) in [5, 5.41) is 0. The lowest BCUT2D eigenvalue weighted by atomic mass is 10.1. The van der Waals surface area contributed by atoms with Crippen LogP contribution in [-0.2, 0) is 4.74 Å². The van der Waals surface area contributed by atoms with Crippen LogP contribution >= 0.6 is 11.8 Å².